The molecule has 1 aromatic carbocycles. The number of hydrogen-bond acceptors (Lipinski definition) is 3. The van der Waals surface area contributed by atoms with Crippen molar-refractivity contribution in [1.82, 2.24) is 5.32 Å². The first kappa shape index (κ1) is 15.8. The maximum atomic E-state index is 13.4. The molecule has 0 bridgehead atoms. The van der Waals surface area contributed by atoms with Gasteiger partial charge < -0.3 is 15.8 Å². The van der Waals surface area contributed by atoms with Crippen molar-refractivity contribution in [2.24, 2.45) is 5.73 Å². The minimum Gasteiger partial charge on any atom is -0.496 e. The molecule has 1 saturated carbocycles. The molecule has 0 spiro atoms. The molecule has 21 heavy (non-hydrogen) atoms. The summed E-state index contributed by atoms with van der Waals surface area (Å²) in [6.07, 6.45) is 4.25. The largest absolute Gasteiger partial charge is 0.496 e. The molecule has 1 aromatic rings. The Kier molecular flexibility index (Phi) is 4.83. The van der Waals surface area contributed by atoms with Gasteiger partial charge in [-0.05, 0) is 38.0 Å². The number of carbonyl (C=O) groups excluding carboxylic acids is 1. The highest BCUT2D eigenvalue weighted by Crippen LogP contribution is 2.31. The van der Waals surface area contributed by atoms with E-state index in [1.165, 1.54) is 19.2 Å². The van der Waals surface area contributed by atoms with Crippen molar-refractivity contribution in [2.45, 2.75) is 50.6 Å². The lowest BCUT2D eigenvalue weighted by Gasteiger charge is -2.24. The Morgan fingerprint density at radius 3 is 2.76 bits per heavy atom. The van der Waals surface area contributed by atoms with E-state index in [1.807, 2.05) is 6.92 Å². The summed E-state index contributed by atoms with van der Waals surface area (Å²) < 4.78 is 18.6. The molecule has 3 N–H and O–H groups in total. The minimum atomic E-state index is -0.379. The van der Waals surface area contributed by atoms with Crippen LogP contribution in [0, 0.1) is 5.82 Å². The van der Waals surface area contributed by atoms with Gasteiger partial charge in [0.2, 0.25) is 5.91 Å². The van der Waals surface area contributed by atoms with Gasteiger partial charge in [-0.15, -0.1) is 0 Å². The lowest BCUT2D eigenvalue weighted by atomic mass is 9.94. The van der Waals surface area contributed by atoms with Gasteiger partial charge in [0.05, 0.1) is 13.2 Å². The second kappa shape index (κ2) is 6.43. The van der Waals surface area contributed by atoms with E-state index in [0.29, 0.717) is 17.7 Å². The molecule has 1 aliphatic rings. The van der Waals surface area contributed by atoms with Crippen LogP contribution in [0.5, 0.6) is 5.75 Å². The van der Waals surface area contributed by atoms with Crippen LogP contribution in [-0.4, -0.2) is 18.6 Å². The summed E-state index contributed by atoms with van der Waals surface area (Å²) in [5, 5.41) is 2.88. The monoisotopic (exact) mass is 294 g/mol. The Morgan fingerprint density at radius 2 is 2.14 bits per heavy atom. The van der Waals surface area contributed by atoms with E-state index in [0.717, 1.165) is 25.7 Å². The van der Waals surface area contributed by atoms with Crippen LogP contribution in [0.3, 0.4) is 0 Å². The molecule has 5 heteroatoms. The molecule has 0 aliphatic heterocycles. The smallest absolute Gasteiger partial charge is 0.222 e. The van der Waals surface area contributed by atoms with Crippen LogP contribution in [-0.2, 0) is 4.79 Å². The zero-order valence-electron chi connectivity index (χ0n) is 12.6. The first-order chi connectivity index (χ1) is 9.93. The van der Waals surface area contributed by atoms with Crippen LogP contribution in [0.4, 0.5) is 4.39 Å². The Hall–Kier alpha value is -1.62. The molecular formula is C16H23FN2O2. The number of rotatable bonds is 5. The molecule has 1 atom stereocenters. The molecule has 1 amide bonds. The summed E-state index contributed by atoms with van der Waals surface area (Å²) in [7, 11) is 1.53. The zero-order chi connectivity index (χ0) is 15.5. The van der Waals surface area contributed by atoms with Gasteiger partial charge >= 0.3 is 0 Å². The average Bonchev–Trinajstić information content (AvgIpc) is 2.84. The highest BCUT2D eigenvalue weighted by atomic mass is 19.1. The summed E-state index contributed by atoms with van der Waals surface area (Å²) in [6, 6.07) is 3.96. The predicted octanol–water partition coefficient (Wildman–Crippen LogP) is 2.67. The second-order valence-electron chi connectivity index (χ2n) is 5.92. The van der Waals surface area contributed by atoms with Crippen LogP contribution in [0.2, 0.25) is 0 Å². The van der Waals surface area contributed by atoms with E-state index >= 15 is 0 Å². The lowest BCUT2D eigenvalue weighted by Crippen LogP contribution is -2.42. The fourth-order valence-corrected chi connectivity index (χ4v) is 2.99. The molecular weight excluding hydrogens is 271 g/mol. The predicted molar refractivity (Wildman–Crippen MR) is 79.5 cm³/mol. The quantitative estimate of drug-likeness (QED) is 0.877. The topological polar surface area (TPSA) is 64.3 Å². The number of benzene rings is 1. The summed E-state index contributed by atoms with van der Waals surface area (Å²) in [6.45, 7) is 1.81. The van der Waals surface area contributed by atoms with E-state index < -0.39 is 0 Å². The van der Waals surface area contributed by atoms with Crippen LogP contribution in [0.25, 0.3) is 0 Å². The standard InChI is InChI=1S/C16H23FN2O2/c1-11(13-9-12(17)5-6-14(13)21-2)19-15(20)10-16(18)7-3-4-8-16/h5-6,9,11H,3-4,7-8,10,18H2,1-2H3,(H,19,20). The second-order valence-corrected chi connectivity index (χ2v) is 5.92. The normalized spacial score (nSPS) is 18.3. The summed E-state index contributed by atoms with van der Waals surface area (Å²) in [4.78, 5) is 12.1. The van der Waals surface area contributed by atoms with Gasteiger partial charge in [0.15, 0.2) is 0 Å². The van der Waals surface area contributed by atoms with Crippen LogP contribution in [0.1, 0.15) is 50.6 Å². The van der Waals surface area contributed by atoms with Gasteiger partial charge in [0.1, 0.15) is 11.6 Å². The first-order valence-corrected chi connectivity index (χ1v) is 7.35. The van der Waals surface area contributed by atoms with Crippen molar-refractivity contribution in [3.8, 4) is 5.75 Å². The van der Waals surface area contributed by atoms with Gasteiger partial charge in [-0.25, -0.2) is 4.39 Å². The number of halogens is 1. The van der Waals surface area contributed by atoms with Crippen LogP contribution < -0.4 is 15.8 Å². The van der Waals surface area contributed by atoms with Crippen molar-refractivity contribution in [1.29, 1.82) is 0 Å². The Labute approximate surface area is 124 Å². The summed E-state index contributed by atoms with van der Waals surface area (Å²) in [5.74, 6) is 0.115. The van der Waals surface area contributed by atoms with Crippen LogP contribution in [0.15, 0.2) is 18.2 Å². The maximum Gasteiger partial charge on any atom is 0.222 e. The zero-order valence-corrected chi connectivity index (χ0v) is 12.6. The Balaban J connectivity index is 2.02. The summed E-state index contributed by atoms with van der Waals surface area (Å²) >= 11 is 0. The number of carbonyl (C=O) groups is 1. The third-order valence-electron chi connectivity index (χ3n) is 4.15. The highest BCUT2D eigenvalue weighted by Gasteiger charge is 2.32. The molecule has 0 radical (unpaired) electrons. The number of hydrogen-bond donors (Lipinski definition) is 2. The molecule has 4 nitrogen and oxygen atoms in total. The van der Waals surface area contributed by atoms with E-state index in [-0.39, 0.29) is 23.3 Å². The van der Waals surface area contributed by atoms with Crippen molar-refractivity contribution in [2.75, 3.05) is 7.11 Å². The number of nitrogens with one attached hydrogen (secondary N) is 1. The fourth-order valence-electron chi connectivity index (χ4n) is 2.99. The van der Waals surface area contributed by atoms with E-state index in [1.54, 1.807) is 6.07 Å². The van der Waals surface area contributed by atoms with Gasteiger partial charge in [0, 0.05) is 17.5 Å². The number of nitrogens with two attached hydrogens (primary N) is 1. The fraction of sp³-hybridized carbons (Fsp3) is 0.562. The molecule has 0 saturated heterocycles. The maximum absolute atomic E-state index is 13.4. The third-order valence-corrected chi connectivity index (χ3v) is 4.15. The summed E-state index contributed by atoms with van der Waals surface area (Å²) in [5.41, 5.74) is 6.46. The molecule has 1 fully saturated rings. The van der Waals surface area contributed by atoms with Crippen molar-refractivity contribution < 1.29 is 13.9 Å². The highest BCUT2D eigenvalue weighted by molar-refractivity contribution is 5.77. The lowest BCUT2D eigenvalue weighted by molar-refractivity contribution is -0.122. The van der Waals surface area contributed by atoms with Gasteiger partial charge in [-0.3, -0.25) is 4.79 Å². The minimum absolute atomic E-state index is 0.0989. The molecule has 1 unspecified atom stereocenters. The van der Waals surface area contributed by atoms with E-state index in [4.69, 9.17) is 10.5 Å². The molecule has 0 aromatic heterocycles. The Morgan fingerprint density at radius 1 is 1.48 bits per heavy atom. The number of methoxy groups -OCH3 is 1. The van der Waals surface area contributed by atoms with Gasteiger partial charge in [-0.2, -0.15) is 0 Å². The molecule has 116 valence electrons. The van der Waals surface area contributed by atoms with Gasteiger partial charge in [0.25, 0.3) is 0 Å². The van der Waals surface area contributed by atoms with Crippen molar-refractivity contribution >= 4 is 5.91 Å². The number of amides is 1. The number of ether oxygens (including phenoxy) is 1. The first-order valence-electron chi connectivity index (χ1n) is 7.35. The molecule has 0 heterocycles. The van der Waals surface area contributed by atoms with Crippen molar-refractivity contribution in [3.05, 3.63) is 29.6 Å². The Bertz CT molecular complexity index is 513. The van der Waals surface area contributed by atoms with E-state index in [2.05, 4.69) is 5.32 Å². The SMILES string of the molecule is COc1ccc(F)cc1C(C)NC(=O)CC1(N)CCCC1. The van der Waals surface area contributed by atoms with Gasteiger partial charge in [-0.1, -0.05) is 12.8 Å². The average molecular weight is 294 g/mol. The molecule has 1 aliphatic carbocycles. The van der Waals surface area contributed by atoms with Crippen molar-refractivity contribution in [3.63, 3.8) is 0 Å². The van der Waals surface area contributed by atoms with Crippen LogP contribution >= 0.6 is 0 Å². The molecule has 2 rings (SSSR count). The third kappa shape index (κ3) is 3.94. The van der Waals surface area contributed by atoms with E-state index in [9.17, 15) is 9.18 Å².